The highest BCUT2D eigenvalue weighted by molar-refractivity contribution is 6.30. The van der Waals surface area contributed by atoms with Crippen molar-refractivity contribution in [1.29, 1.82) is 0 Å². The predicted octanol–water partition coefficient (Wildman–Crippen LogP) is 3.31. The minimum atomic E-state index is -4.87. The number of amides is 1. The van der Waals surface area contributed by atoms with Gasteiger partial charge >= 0.3 is 6.36 Å². The van der Waals surface area contributed by atoms with Crippen molar-refractivity contribution in [2.75, 3.05) is 0 Å². The molecule has 3 heterocycles. The minimum absolute atomic E-state index is 0.0298. The van der Waals surface area contributed by atoms with Gasteiger partial charge in [0, 0.05) is 24.0 Å². The lowest BCUT2D eigenvalue weighted by atomic mass is 9.88. The maximum atomic E-state index is 12.5. The van der Waals surface area contributed by atoms with Gasteiger partial charge in [-0.05, 0) is 36.8 Å². The first-order valence-electron chi connectivity index (χ1n) is 9.49. The molecule has 1 amide bonds. The van der Waals surface area contributed by atoms with Gasteiger partial charge in [-0.25, -0.2) is 4.98 Å². The topological polar surface area (TPSA) is 88.8 Å². The molecule has 162 valence electrons. The molecule has 5 rings (SSSR count). The second-order valence-corrected chi connectivity index (χ2v) is 8.42. The molecule has 7 nitrogen and oxygen atoms in total. The molecular formula is C20H16ClF3N4O3. The molecule has 2 N–H and O–H groups in total. The van der Waals surface area contributed by atoms with Gasteiger partial charge < -0.3 is 19.6 Å². The number of ether oxygens (including phenoxy) is 1. The van der Waals surface area contributed by atoms with E-state index in [2.05, 4.69) is 20.0 Å². The maximum Gasteiger partial charge on any atom is 0.573 e. The third-order valence-electron chi connectivity index (χ3n) is 5.97. The van der Waals surface area contributed by atoms with Crippen LogP contribution < -0.4 is 10.1 Å². The summed E-state index contributed by atoms with van der Waals surface area (Å²) in [6, 6.07) is 2.56. The number of pyridine rings is 2. The largest absolute Gasteiger partial charge is 0.573 e. The number of halogens is 4. The summed E-state index contributed by atoms with van der Waals surface area (Å²) >= 11 is 6.18. The highest BCUT2D eigenvalue weighted by Gasteiger charge is 2.62. The Hall–Kier alpha value is -2.85. The van der Waals surface area contributed by atoms with Gasteiger partial charge in [-0.2, -0.15) is 0 Å². The zero-order valence-corrected chi connectivity index (χ0v) is 16.6. The number of fused-ring (bicyclic) bond motifs is 2. The van der Waals surface area contributed by atoms with Crippen LogP contribution in [0.3, 0.4) is 0 Å². The van der Waals surface area contributed by atoms with E-state index < -0.39 is 23.6 Å². The summed E-state index contributed by atoms with van der Waals surface area (Å²) in [7, 11) is 0. The zero-order chi connectivity index (χ0) is 22.0. The number of alkyl halides is 3. The van der Waals surface area contributed by atoms with Crippen LogP contribution in [0.25, 0.3) is 5.52 Å². The van der Waals surface area contributed by atoms with Gasteiger partial charge in [-0.3, -0.25) is 9.78 Å². The smallest absolute Gasteiger partial charge is 0.404 e. The fraction of sp³-hybridized carbons (Fsp3) is 0.350. The Balaban J connectivity index is 1.27. The Morgan fingerprint density at radius 1 is 1.23 bits per heavy atom. The Kier molecular flexibility index (Phi) is 4.42. The second-order valence-electron chi connectivity index (χ2n) is 7.98. The van der Waals surface area contributed by atoms with Gasteiger partial charge in [0.1, 0.15) is 5.75 Å². The quantitative estimate of drug-likeness (QED) is 0.634. The van der Waals surface area contributed by atoms with E-state index >= 15 is 0 Å². The molecule has 11 heteroatoms. The molecule has 0 bridgehead atoms. The average molecular weight is 453 g/mol. The number of hydrogen-bond acceptors (Lipinski definition) is 5. The van der Waals surface area contributed by atoms with Gasteiger partial charge in [-0.1, -0.05) is 11.6 Å². The molecule has 31 heavy (non-hydrogen) atoms. The van der Waals surface area contributed by atoms with E-state index in [4.69, 9.17) is 11.6 Å². The van der Waals surface area contributed by atoms with Gasteiger partial charge in [0.25, 0.3) is 5.91 Å². The van der Waals surface area contributed by atoms with Crippen molar-refractivity contribution >= 4 is 23.0 Å². The lowest BCUT2D eigenvalue weighted by Crippen LogP contribution is -2.33. The van der Waals surface area contributed by atoms with Crippen LogP contribution in [0.15, 0.2) is 43.2 Å². The SMILES string of the molecule is O=C(N[C@@H]1[C@@H]2C[C@@](O)(c3cc(Cl)cn4cncc34)C[C@@H]21)c1cncc(OC(F)(F)F)c1. The van der Waals surface area contributed by atoms with Crippen LogP contribution in [0.2, 0.25) is 5.02 Å². The third-order valence-corrected chi connectivity index (χ3v) is 6.18. The van der Waals surface area contributed by atoms with E-state index in [-0.39, 0.29) is 23.4 Å². The monoisotopic (exact) mass is 452 g/mol. The summed E-state index contributed by atoms with van der Waals surface area (Å²) in [4.78, 5) is 20.2. The number of aromatic nitrogens is 3. The molecule has 3 aromatic rings. The van der Waals surface area contributed by atoms with Crippen LogP contribution in [0.5, 0.6) is 5.75 Å². The molecule has 3 aromatic heterocycles. The van der Waals surface area contributed by atoms with Gasteiger partial charge in [-0.15, -0.1) is 13.2 Å². The van der Waals surface area contributed by atoms with Crippen molar-refractivity contribution in [3.05, 3.63) is 59.4 Å². The standard InChI is InChI=1S/C20H16ClF3N4O3/c21-11-2-15(16-7-26-9-28(16)8-11)19(30)3-13-14(4-19)17(13)27-18(29)10-1-12(6-25-5-10)31-20(22,23)24/h1-2,5-9,13-14,17,30H,3-4H2,(H,27,29)/t13-,14+,17-,19+. The number of carbonyl (C=O) groups excluding carboxylic acids is 1. The molecule has 2 aliphatic rings. The molecule has 0 aromatic carbocycles. The molecule has 0 unspecified atom stereocenters. The number of rotatable bonds is 4. The summed E-state index contributed by atoms with van der Waals surface area (Å²) < 4.78 is 42.7. The van der Waals surface area contributed by atoms with Crippen molar-refractivity contribution in [3.8, 4) is 5.75 Å². The Labute approximate surface area is 178 Å². The van der Waals surface area contributed by atoms with Crippen LogP contribution in [-0.4, -0.2) is 37.8 Å². The van der Waals surface area contributed by atoms with E-state index in [9.17, 15) is 23.1 Å². The molecule has 0 radical (unpaired) electrons. The average Bonchev–Trinajstić information content (AvgIpc) is 3.04. The zero-order valence-electron chi connectivity index (χ0n) is 15.8. The van der Waals surface area contributed by atoms with Crippen LogP contribution >= 0.6 is 11.6 Å². The first kappa shape index (κ1) is 20.1. The second kappa shape index (κ2) is 6.83. The van der Waals surface area contributed by atoms with E-state index in [1.807, 2.05) is 0 Å². The lowest BCUT2D eigenvalue weighted by Gasteiger charge is -2.27. The lowest BCUT2D eigenvalue weighted by molar-refractivity contribution is -0.274. The van der Waals surface area contributed by atoms with Crippen LogP contribution in [0.1, 0.15) is 28.8 Å². The third kappa shape index (κ3) is 3.70. The minimum Gasteiger partial charge on any atom is -0.404 e. The van der Waals surface area contributed by atoms with Crippen molar-refractivity contribution in [3.63, 3.8) is 0 Å². The molecule has 0 aliphatic heterocycles. The molecule has 2 saturated carbocycles. The predicted molar refractivity (Wildman–Crippen MR) is 102 cm³/mol. The fourth-order valence-electron chi connectivity index (χ4n) is 4.64. The van der Waals surface area contributed by atoms with Crippen LogP contribution in [0, 0.1) is 11.8 Å². The van der Waals surface area contributed by atoms with Gasteiger partial charge in [0.15, 0.2) is 0 Å². The Bertz CT molecular complexity index is 1170. The molecule has 0 spiro atoms. The normalized spacial score (nSPS) is 27.2. The van der Waals surface area contributed by atoms with Crippen molar-refractivity contribution in [2.45, 2.75) is 30.8 Å². The van der Waals surface area contributed by atoms with Gasteiger partial charge in [0.2, 0.25) is 0 Å². The van der Waals surface area contributed by atoms with E-state index in [0.717, 1.165) is 17.8 Å². The first-order chi connectivity index (χ1) is 14.6. The number of imidazole rings is 1. The van der Waals surface area contributed by atoms with Crippen molar-refractivity contribution in [2.24, 2.45) is 11.8 Å². The molecule has 0 saturated heterocycles. The summed E-state index contributed by atoms with van der Waals surface area (Å²) in [5, 5.41) is 14.6. The first-order valence-corrected chi connectivity index (χ1v) is 9.86. The number of carbonyl (C=O) groups is 1. The number of nitrogens with one attached hydrogen (secondary N) is 1. The molecule has 2 fully saturated rings. The summed E-state index contributed by atoms with van der Waals surface area (Å²) in [5.74, 6) is -0.989. The molecular weight excluding hydrogens is 437 g/mol. The number of hydrogen-bond donors (Lipinski definition) is 2. The Morgan fingerprint density at radius 2 is 1.97 bits per heavy atom. The summed E-state index contributed by atoms with van der Waals surface area (Å²) in [6.45, 7) is 0. The molecule has 4 atom stereocenters. The highest BCUT2D eigenvalue weighted by Crippen LogP contribution is 2.60. The van der Waals surface area contributed by atoms with Crippen LogP contribution in [-0.2, 0) is 5.60 Å². The maximum absolute atomic E-state index is 12.5. The van der Waals surface area contributed by atoms with Crippen LogP contribution in [0.4, 0.5) is 13.2 Å². The van der Waals surface area contributed by atoms with Crippen molar-refractivity contribution < 1.29 is 27.8 Å². The fourth-order valence-corrected chi connectivity index (χ4v) is 4.85. The summed E-state index contributed by atoms with van der Waals surface area (Å²) in [6.07, 6.45) is 3.04. The Morgan fingerprint density at radius 3 is 2.68 bits per heavy atom. The van der Waals surface area contributed by atoms with Gasteiger partial charge in [0.05, 0.1) is 40.4 Å². The van der Waals surface area contributed by atoms with E-state index in [1.54, 1.807) is 29.2 Å². The molecule has 2 aliphatic carbocycles. The highest BCUT2D eigenvalue weighted by atomic mass is 35.5. The van der Waals surface area contributed by atoms with E-state index in [0.29, 0.717) is 23.4 Å². The summed E-state index contributed by atoms with van der Waals surface area (Å²) in [5.41, 5.74) is 0.334. The van der Waals surface area contributed by atoms with E-state index in [1.165, 1.54) is 6.20 Å². The number of nitrogens with zero attached hydrogens (tertiary/aromatic N) is 3. The number of aliphatic hydroxyl groups is 1. The van der Waals surface area contributed by atoms with Crippen molar-refractivity contribution in [1.82, 2.24) is 19.7 Å².